The van der Waals surface area contributed by atoms with Crippen LogP contribution in [0.1, 0.15) is 59.3 Å². The summed E-state index contributed by atoms with van der Waals surface area (Å²) in [5.74, 6) is 0.960. The minimum Gasteiger partial charge on any atom is -0.444 e. The van der Waals surface area contributed by atoms with Crippen LogP contribution in [0.2, 0.25) is 0 Å². The van der Waals surface area contributed by atoms with Gasteiger partial charge in [-0.3, -0.25) is 0 Å². The number of nitrogens with two attached hydrogens (primary N) is 1. The monoisotopic (exact) mass is 282 g/mol. The number of ether oxygens (including phenoxy) is 1. The molecule has 2 rings (SSSR count). The maximum Gasteiger partial charge on any atom is 0.410 e. The molecule has 0 aromatic carbocycles. The summed E-state index contributed by atoms with van der Waals surface area (Å²) in [6.45, 7) is 8.06. The van der Waals surface area contributed by atoms with E-state index in [2.05, 4.69) is 0 Å². The standard InChI is InChI=1S/C16H30N2O2/c1-15(2,3)20-14(19)18-10-8-16(12-17,9-11-18)7-6-13-4-5-13/h13H,4-12,17H2,1-3H3. The van der Waals surface area contributed by atoms with Gasteiger partial charge in [0, 0.05) is 13.1 Å². The number of nitrogens with zero attached hydrogens (tertiary/aromatic N) is 1. The third-order valence-electron chi connectivity index (χ3n) is 4.69. The number of piperidine rings is 1. The van der Waals surface area contributed by atoms with Gasteiger partial charge in [-0.25, -0.2) is 4.79 Å². The number of carbonyl (C=O) groups excluding carboxylic acids is 1. The second kappa shape index (κ2) is 5.92. The fraction of sp³-hybridized carbons (Fsp3) is 0.938. The Balaban J connectivity index is 1.81. The van der Waals surface area contributed by atoms with Gasteiger partial charge in [0.15, 0.2) is 0 Å². The van der Waals surface area contributed by atoms with E-state index in [1.165, 1.54) is 25.7 Å². The molecule has 2 aliphatic rings. The van der Waals surface area contributed by atoms with Gasteiger partial charge < -0.3 is 15.4 Å². The van der Waals surface area contributed by atoms with Crippen molar-refractivity contribution in [2.45, 2.75) is 64.9 Å². The first-order chi connectivity index (χ1) is 9.34. The molecule has 0 bridgehead atoms. The third kappa shape index (κ3) is 4.37. The third-order valence-corrected chi connectivity index (χ3v) is 4.69. The molecule has 0 spiro atoms. The zero-order valence-corrected chi connectivity index (χ0v) is 13.3. The number of hydrogen-bond donors (Lipinski definition) is 1. The molecule has 1 heterocycles. The number of rotatable bonds is 4. The second-order valence-electron chi connectivity index (χ2n) is 7.65. The molecule has 0 atom stereocenters. The number of carbonyl (C=O) groups is 1. The highest BCUT2D eigenvalue weighted by atomic mass is 16.6. The highest BCUT2D eigenvalue weighted by molar-refractivity contribution is 5.68. The van der Waals surface area contributed by atoms with E-state index in [0.717, 1.165) is 38.4 Å². The van der Waals surface area contributed by atoms with Crippen LogP contribution >= 0.6 is 0 Å². The van der Waals surface area contributed by atoms with Crippen molar-refractivity contribution in [3.63, 3.8) is 0 Å². The van der Waals surface area contributed by atoms with Gasteiger partial charge in [-0.2, -0.15) is 0 Å². The van der Waals surface area contributed by atoms with E-state index in [0.29, 0.717) is 0 Å². The highest BCUT2D eigenvalue weighted by Crippen LogP contribution is 2.41. The summed E-state index contributed by atoms with van der Waals surface area (Å²) in [7, 11) is 0. The molecule has 0 aromatic rings. The first-order valence-corrected chi connectivity index (χ1v) is 8.02. The van der Waals surface area contributed by atoms with Gasteiger partial charge >= 0.3 is 6.09 Å². The van der Waals surface area contributed by atoms with Crippen molar-refractivity contribution in [1.82, 2.24) is 4.90 Å². The van der Waals surface area contributed by atoms with Crippen molar-refractivity contribution < 1.29 is 9.53 Å². The van der Waals surface area contributed by atoms with E-state index < -0.39 is 5.60 Å². The Hall–Kier alpha value is -0.770. The summed E-state index contributed by atoms with van der Waals surface area (Å²) in [5, 5.41) is 0. The maximum atomic E-state index is 12.1. The molecule has 2 N–H and O–H groups in total. The maximum absolute atomic E-state index is 12.1. The van der Waals surface area contributed by atoms with Crippen LogP contribution in [0.25, 0.3) is 0 Å². The molecule has 0 aromatic heterocycles. The molecule has 0 radical (unpaired) electrons. The van der Waals surface area contributed by atoms with Crippen LogP contribution in [0.5, 0.6) is 0 Å². The molecule has 2 fully saturated rings. The van der Waals surface area contributed by atoms with Gasteiger partial charge in [0.25, 0.3) is 0 Å². The van der Waals surface area contributed by atoms with Crippen LogP contribution in [0.3, 0.4) is 0 Å². The van der Waals surface area contributed by atoms with E-state index >= 15 is 0 Å². The van der Waals surface area contributed by atoms with E-state index in [-0.39, 0.29) is 11.5 Å². The minimum atomic E-state index is -0.411. The number of amides is 1. The van der Waals surface area contributed by atoms with Gasteiger partial charge in [0.2, 0.25) is 0 Å². The molecule has 20 heavy (non-hydrogen) atoms. The lowest BCUT2D eigenvalue weighted by Crippen LogP contribution is -2.47. The fourth-order valence-electron chi connectivity index (χ4n) is 2.96. The Morgan fingerprint density at radius 3 is 2.35 bits per heavy atom. The zero-order chi connectivity index (χ0) is 14.8. The first-order valence-electron chi connectivity index (χ1n) is 8.02. The van der Waals surface area contributed by atoms with Gasteiger partial charge in [-0.1, -0.05) is 12.8 Å². The van der Waals surface area contributed by atoms with E-state index in [1.54, 1.807) is 0 Å². The average Bonchev–Trinajstić information content (AvgIpc) is 3.19. The van der Waals surface area contributed by atoms with Gasteiger partial charge in [0.1, 0.15) is 5.60 Å². The molecular formula is C16H30N2O2. The summed E-state index contributed by atoms with van der Waals surface area (Å²) < 4.78 is 5.44. The van der Waals surface area contributed by atoms with Crippen LogP contribution in [-0.2, 0) is 4.74 Å². The molecule has 1 aliphatic heterocycles. The second-order valence-corrected chi connectivity index (χ2v) is 7.65. The van der Waals surface area contributed by atoms with E-state index in [1.807, 2.05) is 25.7 Å². The van der Waals surface area contributed by atoms with Crippen molar-refractivity contribution in [2.24, 2.45) is 17.1 Å². The molecule has 1 saturated heterocycles. The summed E-state index contributed by atoms with van der Waals surface area (Å²) in [4.78, 5) is 13.9. The summed E-state index contributed by atoms with van der Waals surface area (Å²) >= 11 is 0. The van der Waals surface area contributed by atoms with Crippen LogP contribution in [0.15, 0.2) is 0 Å². The lowest BCUT2D eigenvalue weighted by Gasteiger charge is -2.41. The molecule has 116 valence electrons. The molecule has 4 heteroatoms. The summed E-state index contributed by atoms with van der Waals surface area (Å²) in [5.41, 5.74) is 5.89. The normalized spacial score (nSPS) is 22.7. The molecule has 1 aliphatic carbocycles. The van der Waals surface area contributed by atoms with Crippen molar-refractivity contribution in [3.05, 3.63) is 0 Å². The van der Waals surface area contributed by atoms with E-state index in [4.69, 9.17) is 10.5 Å². The van der Waals surface area contributed by atoms with Gasteiger partial charge in [-0.15, -0.1) is 0 Å². The largest absolute Gasteiger partial charge is 0.444 e. The predicted octanol–water partition coefficient (Wildman–Crippen LogP) is 3.15. The zero-order valence-electron chi connectivity index (χ0n) is 13.3. The molecule has 1 amide bonds. The van der Waals surface area contributed by atoms with Crippen molar-refractivity contribution in [1.29, 1.82) is 0 Å². The number of hydrogen-bond acceptors (Lipinski definition) is 3. The lowest BCUT2D eigenvalue weighted by atomic mass is 9.74. The van der Waals surface area contributed by atoms with Crippen LogP contribution in [0, 0.1) is 11.3 Å². The van der Waals surface area contributed by atoms with Crippen LogP contribution in [0.4, 0.5) is 4.79 Å². The Morgan fingerprint density at radius 1 is 1.30 bits per heavy atom. The Kier molecular flexibility index (Phi) is 4.62. The Labute approximate surface area is 123 Å². The average molecular weight is 282 g/mol. The van der Waals surface area contributed by atoms with Crippen molar-refractivity contribution in [3.8, 4) is 0 Å². The molecular weight excluding hydrogens is 252 g/mol. The van der Waals surface area contributed by atoms with Crippen molar-refractivity contribution >= 4 is 6.09 Å². The number of likely N-dealkylation sites (tertiary alicyclic amines) is 1. The summed E-state index contributed by atoms with van der Waals surface area (Å²) in [6.07, 6.45) is 7.24. The quantitative estimate of drug-likeness (QED) is 0.861. The van der Waals surface area contributed by atoms with E-state index in [9.17, 15) is 4.79 Å². The molecule has 4 nitrogen and oxygen atoms in total. The van der Waals surface area contributed by atoms with Gasteiger partial charge in [0.05, 0.1) is 0 Å². The van der Waals surface area contributed by atoms with Crippen LogP contribution in [-0.4, -0.2) is 36.2 Å². The van der Waals surface area contributed by atoms with Crippen LogP contribution < -0.4 is 5.73 Å². The topological polar surface area (TPSA) is 55.6 Å². The Morgan fingerprint density at radius 2 is 1.90 bits per heavy atom. The molecule has 0 unspecified atom stereocenters. The minimum absolute atomic E-state index is 0.176. The predicted molar refractivity (Wildman–Crippen MR) is 80.5 cm³/mol. The lowest BCUT2D eigenvalue weighted by molar-refractivity contribution is 0.00950. The first kappa shape index (κ1) is 15.6. The smallest absolute Gasteiger partial charge is 0.410 e. The molecule has 1 saturated carbocycles. The fourth-order valence-corrected chi connectivity index (χ4v) is 2.96. The van der Waals surface area contributed by atoms with Gasteiger partial charge in [-0.05, 0) is 64.3 Å². The SMILES string of the molecule is CC(C)(C)OC(=O)N1CCC(CN)(CCC2CC2)CC1. The Bertz CT molecular complexity index is 337. The van der Waals surface area contributed by atoms with Crippen molar-refractivity contribution in [2.75, 3.05) is 19.6 Å². The summed E-state index contributed by atoms with van der Waals surface area (Å²) in [6, 6.07) is 0. The highest BCUT2D eigenvalue weighted by Gasteiger charge is 2.37.